The zero-order valence-corrected chi connectivity index (χ0v) is 11.8. The van der Waals surface area contributed by atoms with E-state index in [1.54, 1.807) is 12.1 Å². The van der Waals surface area contributed by atoms with Crippen LogP contribution in [0.4, 0.5) is 5.69 Å². The van der Waals surface area contributed by atoms with Crippen LogP contribution in [0.25, 0.3) is 10.8 Å². The minimum absolute atomic E-state index is 0.212. The fraction of sp³-hybridized carbons (Fsp3) is 0. The summed E-state index contributed by atoms with van der Waals surface area (Å²) in [5, 5.41) is 1.76. The fourth-order valence-corrected chi connectivity index (χ4v) is 2.22. The van der Waals surface area contributed by atoms with Gasteiger partial charge in [0.05, 0.1) is 6.33 Å². The molecule has 0 amide bonds. The monoisotopic (exact) mass is 331 g/mol. The van der Waals surface area contributed by atoms with E-state index >= 15 is 0 Å². The molecule has 0 bridgehead atoms. The molecular formula is C14H10BrN3O2. The van der Waals surface area contributed by atoms with Gasteiger partial charge in [0.25, 0.3) is 5.56 Å². The van der Waals surface area contributed by atoms with Gasteiger partial charge in [0, 0.05) is 16.5 Å². The lowest BCUT2D eigenvalue weighted by molar-refractivity contribution is 0.462. The summed E-state index contributed by atoms with van der Waals surface area (Å²) in [6.07, 6.45) is 1.29. The standard InChI is InChI=1S/C14H10BrN3O2/c15-12-13(19)17-7-18-14(12)20-11-6-5-10(16)8-3-1-2-4-9(8)11/h1-7H,16H2,(H,17,18,19). The zero-order chi connectivity index (χ0) is 14.1. The first-order chi connectivity index (χ1) is 9.66. The molecule has 5 nitrogen and oxygen atoms in total. The zero-order valence-electron chi connectivity index (χ0n) is 10.3. The lowest BCUT2D eigenvalue weighted by atomic mass is 10.1. The van der Waals surface area contributed by atoms with E-state index in [0.717, 1.165) is 10.8 Å². The molecule has 3 N–H and O–H groups in total. The molecule has 1 heterocycles. The van der Waals surface area contributed by atoms with Gasteiger partial charge < -0.3 is 15.5 Å². The van der Waals surface area contributed by atoms with Gasteiger partial charge in [-0.25, -0.2) is 4.98 Å². The maximum atomic E-state index is 11.5. The van der Waals surface area contributed by atoms with Crippen molar-refractivity contribution in [2.24, 2.45) is 0 Å². The first-order valence-corrected chi connectivity index (χ1v) is 6.64. The fourth-order valence-electron chi connectivity index (χ4n) is 1.93. The number of ether oxygens (including phenoxy) is 1. The van der Waals surface area contributed by atoms with Gasteiger partial charge in [0.2, 0.25) is 5.88 Å². The number of nitrogens with one attached hydrogen (secondary N) is 1. The molecule has 100 valence electrons. The van der Waals surface area contributed by atoms with Crippen LogP contribution in [-0.2, 0) is 0 Å². The summed E-state index contributed by atoms with van der Waals surface area (Å²) < 4.78 is 5.98. The first-order valence-electron chi connectivity index (χ1n) is 5.85. The molecule has 0 saturated carbocycles. The van der Waals surface area contributed by atoms with E-state index in [0.29, 0.717) is 11.4 Å². The Morgan fingerprint density at radius 2 is 1.90 bits per heavy atom. The molecule has 0 aliphatic rings. The molecule has 0 unspecified atom stereocenters. The normalized spacial score (nSPS) is 10.7. The second-order valence-electron chi connectivity index (χ2n) is 4.15. The number of anilines is 1. The molecule has 0 fully saturated rings. The number of halogens is 1. The van der Waals surface area contributed by atoms with Gasteiger partial charge >= 0.3 is 0 Å². The van der Waals surface area contributed by atoms with E-state index in [-0.39, 0.29) is 15.9 Å². The SMILES string of the molecule is Nc1ccc(Oc2nc[nH]c(=O)c2Br)c2ccccc12. The van der Waals surface area contributed by atoms with Crippen LogP contribution < -0.4 is 16.0 Å². The molecule has 2 aromatic carbocycles. The molecule has 0 aliphatic carbocycles. The number of benzene rings is 2. The van der Waals surface area contributed by atoms with E-state index in [1.807, 2.05) is 24.3 Å². The summed E-state index contributed by atoms with van der Waals surface area (Å²) in [6, 6.07) is 11.1. The average Bonchev–Trinajstić information content (AvgIpc) is 2.47. The molecule has 0 radical (unpaired) electrons. The summed E-state index contributed by atoms with van der Waals surface area (Å²) >= 11 is 3.16. The maximum absolute atomic E-state index is 11.5. The van der Waals surface area contributed by atoms with Crippen molar-refractivity contribution in [1.29, 1.82) is 0 Å². The van der Waals surface area contributed by atoms with Crippen LogP contribution in [-0.4, -0.2) is 9.97 Å². The Morgan fingerprint density at radius 3 is 2.70 bits per heavy atom. The lowest BCUT2D eigenvalue weighted by Crippen LogP contribution is -2.08. The van der Waals surface area contributed by atoms with Gasteiger partial charge in [-0.2, -0.15) is 0 Å². The number of H-pyrrole nitrogens is 1. The van der Waals surface area contributed by atoms with Crippen molar-refractivity contribution in [3.8, 4) is 11.6 Å². The molecular weight excluding hydrogens is 322 g/mol. The third kappa shape index (κ3) is 2.14. The average molecular weight is 332 g/mol. The van der Waals surface area contributed by atoms with Crippen LogP contribution in [0.1, 0.15) is 0 Å². The summed E-state index contributed by atoms with van der Waals surface area (Å²) in [6.45, 7) is 0. The molecule has 6 heteroatoms. The van der Waals surface area contributed by atoms with Gasteiger partial charge in [-0.1, -0.05) is 24.3 Å². The Bertz CT molecular complexity index is 845. The third-order valence-electron chi connectivity index (χ3n) is 2.89. The molecule has 3 rings (SSSR count). The second-order valence-corrected chi connectivity index (χ2v) is 4.94. The predicted molar refractivity (Wildman–Crippen MR) is 81.0 cm³/mol. The van der Waals surface area contributed by atoms with E-state index in [2.05, 4.69) is 25.9 Å². The highest BCUT2D eigenvalue weighted by atomic mass is 79.9. The van der Waals surface area contributed by atoms with Gasteiger partial charge in [-0.15, -0.1) is 0 Å². The Balaban J connectivity index is 2.14. The Kier molecular flexibility index (Phi) is 3.15. The van der Waals surface area contributed by atoms with E-state index < -0.39 is 0 Å². The highest BCUT2D eigenvalue weighted by molar-refractivity contribution is 9.10. The third-order valence-corrected chi connectivity index (χ3v) is 3.59. The molecule has 0 spiro atoms. The molecule has 20 heavy (non-hydrogen) atoms. The van der Waals surface area contributed by atoms with Crippen molar-refractivity contribution < 1.29 is 4.74 Å². The quantitative estimate of drug-likeness (QED) is 0.707. The Labute approximate surface area is 122 Å². The first kappa shape index (κ1) is 12.7. The molecule has 0 aliphatic heterocycles. The predicted octanol–water partition coefficient (Wildman–Crippen LogP) is 3.06. The number of nitrogen functional groups attached to an aromatic ring is 1. The van der Waals surface area contributed by atoms with Crippen LogP contribution >= 0.6 is 15.9 Å². The number of nitrogens with zero attached hydrogens (tertiary/aromatic N) is 1. The summed E-state index contributed by atoms with van der Waals surface area (Å²) in [7, 11) is 0. The van der Waals surface area contributed by atoms with E-state index in [1.165, 1.54) is 6.33 Å². The summed E-state index contributed by atoms with van der Waals surface area (Å²) in [5.41, 5.74) is 6.31. The largest absolute Gasteiger partial charge is 0.437 e. The number of rotatable bonds is 2. The van der Waals surface area contributed by atoms with Crippen molar-refractivity contribution in [2.45, 2.75) is 0 Å². The number of hydrogen-bond donors (Lipinski definition) is 2. The van der Waals surface area contributed by atoms with Gasteiger partial charge in [0.15, 0.2) is 0 Å². The van der Waals surface area contributed by atoms with Crippen molar-refractivity contribution in [3.63, 3.8) is 0 Å². The maximum Gasteiger partial charge on any atom is 0.268 e. The molecule has 0 atom stereocenters. The van der Waals surface area contributed by atoms with Gasteiger partial charge in [0.1, 0.15) is 10.2 Å². The van der Waals surface area contributed by atoms with Crippen LogP contribution in [0, 0.1) is 0 Å². The molecule has 3 aromatic rings. The van der Waals surface area contributed by atoms with Crippen molar-refractivity contribution >= 4 is 32.4 Å². The number of nitrogens with two attached hydrogens (primary N) is 1. The minimum Gasteiger partial charge on any atom is -0.437 e. The van der Waals surface area contributed by atoms with Crippen LogP contribution in [0.5, 0.6) is 11.6 Å². The second kappa shape index (κ2) is 4.97. The van der Waals surface area contributed by atoms with Crippen molar-refractivity contribution in [3.05, 3.63) is 57.6 Å². The number of hydrogen-bond acceptors (Lipinski definition) is 4. The van der Waals surface area contributed by atoms with Crippen molar-refractivity contribution in [2.75, 3.05) is 5.73 Å². The summed E-state index contributed by atoms with van der Waals surface area (Å²) in [4.78, 5) is 18.0. The number of aromatic nitrogens is 2. The minimum atomic E-state index is -0.297. The topological polar surface area (TPSA) is 81.0 Å². The van der Waals surface area contributed by atoms with E-state index in [9.17, 15) is 4.79 Å². The van der Waals surface area contributed by atoms with Crippen LogP contribution in [0.3, 0.4) is 0 Å². The van der Waals surface area contributed by atoms with E-state index in [4.69, 9.17) is 10.5 Å². The Morgan fingerprint density at radius 1 is 1.15 bits per heavy atom. The molecule has 1 aromatic heterocycles. The smallest absolute Gasteiger partial charge is 0.268 e. The lowest BCUT2D eigenvalue weighted by Gasteiger charge is -2.10. The van der Waals surface area contributed by atoms with Gasteiger partial charge in [-0.05, 0) is 28.1 Å². The highest BCUT2D eigenvalue weighted by Crippen LogP contribution is 2.33. The van der Waals surface area contributed by atoms with Crippen LogP contribution in [0.2, 0.25) is 0 Å². The van der Waals surface area contributed by atoms with Gasteiger partial charge in [-0.3, -0.25) is 4.79 Å². The van der Waals surface area contributed by atoms with Crippen molar-refractivity contribution in [1.82, 2.24) is 9.97 Å². The number of fused-ring (bicyclic) bond motifs is 1. The Hall–Kier alpha value is -2.34. The van der Waals surface area contributed by atoms with Crippen LogP contribution in [0.15, 0.2) is 52.0 Å². The molecule has 0 saturated heterocycles. The number of aromatic amines is 1. The highest BCUT2D eigenvalue weighted by Gasteiger charge is 2.10. The summed E-state index contributed by atoms with van der Waals surface area (Å²) in [5.74, 6) is 0.803.